The quantitative estimate of drug-likeness (QED) is 0.684. The Hall–Kier alpha value is -1.11. The number of hydrogen-bond acceptors (Lipinski definition) is 4. The zero-order valence-corrected chi connectivity index (χ0v) is 13.3. The molecule has 7 heteroatoms. The minimum atomic E-state index is -0.936. The number of halogens is 1. The van der Waals surface area contributed by atoms with Crippen LogP contribution in [0.3, 0.4) is 0 Å². The minimum absolute atomic E-state index is 0.137. The van der Waals surface area contributed by atoms with Crippen molar-refractivity contribution in [3.8, 4) is 0 Å². The summed E-state index contributed by atoms with van der Waals surface area (Å²) in [4.78, 5) is 15.2. The highest BCUT2D eigenvalue weighted by atomic mass is 35.5. The van der Waals surface area contributed by atoms with Crippen LogP contribution in [-0.2, 0) is 14.1 Å². The van der Waals surface area contributed by atoms with Crippen molar-refractivity contribution in [3.05, 3.63) is 29.0 Å². The monoisotopic (exact) mass is 311 g/mol. The fourth-order valence-corrected chi connectivity index (χ4v) is 2.53. The zero-order valence-electron chi connectivity index (χ0n) is 12.6. The maximum atomic E-state index is 11.2. The molecule has 1 N–H and O–H groups in total. The largest absolute Gasteiger partial charge is 0.481 e. The molecule has 0 bridgehead atoms. The number of pyridine rings is 1. The second-order valence-electron chi connectivity index (χ2n) is 6.21. The Balaban J connectivity index is 2.35. The van der Waals surface area contributed by atoms with Gasteiger partial charge in [0.25, 0.3) is 0 Å². The van der Waals surface area contributed by atoms with E-state index in [1.807, 2.05) is 27.7 Å². The van der Waals surface area contributed by atoms with E-state index in [1.165, 1.54) is 0 Å². The summed E-state index contributed by atoms with van der Waals surface area (Å²) < 4.78 is 11.9. The van der Waals surface area contributed by atoms with Crippen LogP contribution in [0.1, 0.15) is 45.5 Å². The van der Waals surface area contributed by atoms with Gasteiger partial charge < -0.3 is 14.4 Å². The Morgan fingerprint density at radius 3 is 2.43 bits per heavy atom. The fourth-order valence-electron chi connectivity index (χ4n) is 2.27. The topological polar surface area (TPSA) is 68.7 Å². The molecule has 0 saturated carbocycles. The normalized spacial score (nSPS) is 21.3. The second kappa shape index (κ2) is 5.59. The van der Waals surface area contributed by atoms with E-state index < -0.39 is 30.1 Å². The molecule has 1 unspecified atom stereocenters. The van der Waals surface area contributed by atoms with Gasteiger partial charge in [0.05, 0.1) is 17.6 Å². The van der Waals surface area contributed by atoms with Gasteiger partial charge in [-0.05, 0) is 39.3 Å². The van der Waals surface area contributed by atoms with Crippen molar-refractivity contribution in [2.24, 2.45) is 0 Å². The molecule has 0 amide bonds. The van der Waals surface area contributed by atoms with Gasteiger partial charge in [0.2, 0.25) is 0 Å². The van der Waals surface area contributed by atoms with Crippen LogP contribution in [0.25, 0.3) is 0 Å². The van der Waals surface area contributed by atoms with E-state index in [4.69, 9.17) is 20.9 Å². The van der Waals surface area contributed by atoms with E-state index >= 15 is 0 Å². The number of nitrogens with zero attached hydrogens (tertiary/aromatic N) is 1. The molecule has 1 aromatic rings. The maximum absolute atomic E-state index is 11.2. The van der Waals surface area contributed by atoms with E-state index in [-0.39, 0.29) is 11.6 Å². The predicted octanol–water partition coefficient (Wildman–Crippen LogP) is 2.92. The minimum Gasteiger partial charge on any atom is -0.481 e. The van der Waals surface area contributed by atoms with Gasteiger partial charge in [-0.25, -0.2) is 4.98 Å². The summed E-state index contributed by atoms with van der Waals surface area (Å²) in [5.74, 6) is -1.45. The summed E-state index contributed by atoms with van der Waals surface area (Å²) in [6.45, 7) is 7.71. The summed E-state index contributed by atoms with van der Waals surface area (Å²) in [7, 11) is -0.673. The first-order chi connectivity index (χ1) is 9.64. The Morgan fingerprint density at radius 1 is 1.38 bits per heavy atom. The highest BCUT2D eigenvalue weighted by molar-refractivity contribution is 6.48. The van der Waals surface area contributed by atoms with Gasteiger partial charge in [0.1, 0.15) is 5.15 Å². The van der Waals surface area contributed by atoms with Crippen molar-refractivity contribution in [1.29, 1.82) is 0 Å². The van der Waals surface area contributed by atoms with Crippen LogP contribution < -0.4 is 0 Å². The molecule has 5 nitrogen and oxygen atoms in total. The highest BCUT2D eigenvalue weighted by Gasteiger charge is 2.54. The van der Waals surface area contributed by atoms with Crippen LogP contribution in [0.4, 0.5) is 0 Å². The molecular weight excluding hydrogens is 292 g/mol. The summed E-state index contributed by atoms with van der Waals surface area (Å²) >= 11 is 6.11. The Bertz CT molecular complexity index is 534. The third-order valence-corrected chi connectivity index (χ3v) is 4.50. The van der Waals surface area contributed by atoms with Crippen LogP contribution in [0.15, 0.2) is 18.3 Å². The number of hydrogen-bond donors (Lipinski definition) is 1. The molecule has 1 fully saturated rings. The van der Waals surface area contributed by atoms with Crippen molar-refractivity contribution < 1.29 is 19.2 Å². The molecule has 2 heterocycles. The summed E-state index contributed by atoms with van der Waals surface area (Å²) in [6, 6.07) is 3.48. The molecular formula is C14H19BClNO4. The highest BCUT2D eigenvalue weighted by Crippen LogP contribution is 2.42. The lowest BCUT2D eigenvalue weighted by atomic mass is 9.66. The second-order valence-corrected chi connectivity index (χ2v) is 6.57. The van der Waals surface area contributed by atoms with Crippen LogP contribution in [0.2, 0.25) is 5.15 Å². The Labute approximate surface area is 129 Å². The van der Waals surface area contributed by atoms with Crippen molar-refractivity contribution in [1.82, 2.24) is 4.98 Å². The lowest BCUT2D eigenvalue weighted by Crippen LogP contribution is -2.41. The van der Waals surface area contributed by atoms with E-state index in [1.54, 1.807) is 18.3 Å². The van der Waals surface area contributed by atoms with E-state index in [2.05, 4.69) is 4.98 Å². The van der Waals surface area contributed by atoms with Crippen LogP contribution in [0.5, 0.6) is 0 Å². The van der Waals surface area contributed by atoms with Gasteiger partial charge >= 0.3 is 13.1 Å². The van der Waals surface area contributed by atoms with Crippen molar-refractivity contribution in [2.75, 3.05) is 0 Å². The SMILES string of the molecule is CC1(C)OB(C(CC(=O)O)c2cccnc2Cl)OC1(C)C. The maximum Gasteiger partial charge on any atom is 0.466 e. The zero-order chi connectivity index (χ0) is 15.8. The first kappa shape index (κ1) is 16.3. The average Bonchev–Trinajstić information content (AvgIpc) is 2.56. The summed E-state index contributed by atoms with van der Waals surface area (Å²) in [5, 5.41) is 9.46. The Kier molecular flexibility index (Phi) is 4.33. The van der Waals surface area contributed by atoms with Gasteiger partial charge in [-0.15, -0.1) is 0 Å². The van der Waals surface area contributed by atoms with E-state index in [9.17, 15) is 9.90 Å². The molecule has 0 spiro atoms. The molecule has 0 aromatic carbocycles. The summed E-state index contributed by atoms with van der Waals surface area (Å²) in [6.07, 6.45) is 1.43. The predicted molar refractivity (Wildman–Crippen MR) is 80.3 cm³/mol. The molecule has 0 radical (unpaired) electrons. The molecule has 1 aliphatic heterocycles. The Morgan fingerprint density at radius 2 is 1.95 bits per heavy atom. The average molecular weight is 312 g/mol. The first-order valence-corrected chi connectivity index (χ1v) is 7.20. The van der Waals surface area contributed by atoms with Gasteiger partial charge in [0.15, 0.2) is 0 Å². The molecule has 1 saturated heterocycles. The number of carbonyl (C=O) groups is 1. The number of aromatic nitrogens is 1. The molecule has 1 aliphatic rings. The van der Waals surface area contributed by atoms with Crippen LogP contribution in [-0.4, -0.2) is 34.4 Å². The fraction of sp³-hybridized carbons (Fsp3) is 0.571. The van der Waals surface area contributed by atoms with E-state index in [0.29, 0.717) is 5.56 Å². The third-order valence-electron chi connectivity index (χ3n) is 4.18. The summed E-state index contributed by atoms with van der Waals surface area (Å²) in [5.41, 5.74) is -0.424. The molecule has 0 aliphatic carbocycles. The molecule has 1 aromatic heterocycles. The molecule has 21 heavy (non-hydrogen) atoms. The van der Waals surface area contributed by atoms with Crippen LogP contribution in [0, 0.1) is 0 Å². The van der Waals surface area contributed by atoms with Gasteiger partial charge in [-0.1, -0.05) is 17.7 Å². The number of aliphatic carboxylic acids is 1. The van der Waals surface area contributed by atoms with Crippen molar-refractivity contribution >= 4 is 24.7 Å². The lowest BCUT2D eigenvalue weighted by molar-refractivity contribution is -0.137. The third kappa shape index (κ3) is 3.22. The van der Waals surface area contributed by atoms with Gasteiger partial charge in [-0.2, -0.15) is 0 Å². The molecule has 114 valence electrons. The van der Waals surface area contributed by atoms with Crippen molar-refractivity contribution in [3.63, 3.8) is 0 Å². The van der Waals surface area contributed by atoms with Gasteiger partial charge in [-0.3, -0.25) is 4.79 Å². The molecule has 1 atom stereocenters. The smallest absolute Gasteiger partial charge is 0.466 e. The molecule has 2 rings (SSSR count). The van der Waals surface area contributed by atoms with Crippen LogP contribution >= 0.6 is 11.6 Å². The number of carboxylic acid groups (broad SMARTS) is 1. The van der Waals surface area contributed by atoms with Gasteiger partial charge in [0, 0.05) is 12.0 Å². The first-order valence-electron chi connectivity index (χ1n) is 6.82. The number of carboxylic acids is 1. The lowest BCUT2D eigenvalue weighted by Gasteiger charge is -2.32. The number of rotatable bonds is 4. The van der Waals surface area contributed by atoms with Crippen molar-refractivity contribution in [2.45, 2.75) is 51.1 Å². The van der Waals surface area contributed by atoms with E-state index in [0.717, 1.165) is 0 Å². The standard InChI is InChI=1S/C14H19BClNO4/c1-13(2)14(3,4)21-15(20-13)10(8-11(18)19)9-6-5-7-17-12(9)16/h5-7,10H,8H2,1-4H3,(H,18,19).